The highest BCUT2D eigenvalue weighted by Gasteiger charge is 2.21. The molecule has 0 heterocycles. The van der Waals surface area contributed by atoms with E-state index in [2.05, 4.69) is 6.92 Å². The molecule has 1 atom stereocenters. The highest BCUT2D eigenvalue weighted by atomic mass is 16.5. The maximum atomic E-state index is 10.7. The van der Waals surface area contributed by atoms with Crippen LogP contribution >= 0.6 is 0 Å². The van der Waals surface area contributed by atoms with E-state index in [1.54, 1.807) is 0 Å². The summed E-state index contributed by atoms with van der Waals surface area (Å²) < 4.78 is 10.5. The summed E-state index contributed by atoms with van der Waals surface area (Å²) >= 11 is 0. The molecular weight excluding hydrogens is 196 g/mol. The van der Waals surface area contributed by atoms with Crippen molar-refractivity contribution in [2.75, 3.05) is 19.8 Å². The lowest BCUT2D eigenvalue weighted by Crippen LogP contribution is -2.30. The molecule has 1 N–H and O–H groups in total. The number of ether oxygens (including phenoxy) is 2. The Morgan fingerprint density at radius 2 is 1.93 bits per heavy atom. The van der Waals surface area contributed by atoms with E-state index in [0.29, 0.717) is 13.2 Å². The predicted octanol–water partition coefficient (Wildman–Crippen LogP) is 1.93. The van der Waals surface area contributed by atoms with Crippen LogP contribution in [0.25, 0.3) is 0 Å². The predicted molar refractivity (Wildman–Crippen MR) is 57.9 cm³/mol. The molecule has 0 aliphatic heterocycles. The van der Waals surface area contributed by atoms with Crippen molar-refractivity contribution in [1.82, 2.24) is 0 Å². The molecule has 0 bridgehead atoms. The van der Waals surface area contributed by atoms with Crippen LogP contribution in [0.4, 0.5) is 0 Å². The summed E-state index contributed by atoms with van der Waals surface area (Å²) in [5, 5.41) is 8.82. The highest BCUT2D eigenvalue weighted by molar-refractivity contribution is 5.72. The minimum absolute atomic E-state index is 0.0156. The van der Waals surface area contributed by atoms with Crippen molar-refractivity contribution >= 4 is 5.97 Å². The van der Waals surface area contributed by atoms with Gasteiger partial charge in [-0.25, -0.2) is 4.79 Å². The van der Waals surface area contributed by atoms with Gasteiger partial charge in [-0.2, -0.15) is 0 Å². The van der Waals surface area contributed by atoms with Crippen molar-refractivity contribution in [3.8, 4) is 0 Å². The molecule has 0 saturated heterocycles. The third-order valence-corrected chi connectivity index (χ3v) is 2.02. The Bertz CT molecular complexity index is 168. The van der Waals surface area contributed by atoms with Crippen LogP contribution in [0.2, 0.25) is 0 Å². The Hall–Kier alpha value is -0.610. The first-order chi connectivity index (χ1) is 7.09. The summed E-state index contributed by atoms with van der Waals surface area (Å²) in [7, 11) is 0. The summed E-state index contributed by atoms with van der Waals surface area (Å²) in [4.78, 5) is 10.7. The summed E-state index contributed by atoms with van der Waals surface area (Å²) in [6.45, 7) is 7.29. The van der Waals surface area contributed by atoms with Crippen molar-refractivity contribution in [2.45, 2.75) is 39.7 Å². The van der Waals surface area contributed by atoms with Gasteiger partial charge in [-0.15, -0.1) is 0 Å². The highest BCUT2D eigenvalue weighted by Crippen LogP contribution is 2.06. The molecular formula is C11H22O4. The first kappa shape index (κ1) is 14.4. The van der Waals surface area contributed by atoms with Gasteiger partial charge in [-0.1, -0.05) is 27.2 Å². The third-order valence-electron chi connectivity index (χ3n) is 2.02. The molecule has 90 valence electrons. The van der Waals surface area contributed by atoms with Gasteiger partial charge in [0.15, 0.2) is 6.10 Å². The lowest BCUT2D eigenvalue weighted by molar-refractivity contribution is -0.154. The van der Waals surface area contributed by atoms with Crippen LogP contribution in [-0.2, 0) is 14.3 Å². The second-order valence-electron chi connectivity index (χ2n) is 3.84. The summed E-state index contributed by atoms with van der Waals surface area (Å²) in [5.74, 6) is -0.920. The number of hydrogen-bond donors (Lipinski definition) is 1. The van der Waals surface area contributed by atoms with Crippen LogP contribution in [-0.4, -0.2) is 37.0 Å². The van der Waals surface area contributed by atoms with E-state index < -0.39 is 12.1 Å². The van der Waals surface area contributed by atoms with Gasteiger partial charge < -0.3 is 14.6 Å². The molecule has 0 aromatic carbocycles. The fourth-order valence-corrected chi connectivity index (χ4v) is 1.13. The Balaban J connectivity index is 3.50. The molecule has 0 fully saturated rings. The zero-order valence-corrected chi connectivity index (χ0v) is 9.86. The second kappa shape index (κ2) is 8.68. The number of carbonyl (C=O) groups is 1. The third kappa shape index (κ3) is 7.33. The zero-order chi connectivity index (χ0) is 11.7. The van der Waals surface area contributed by atoms with Gasteiger partial charge in [0, 0.05) is 6.61 Å². The van der Waals surface area contributed by atoms with Gasteiger partial charge in [-0.05, 0) is 12.3 Å². The number of carboxylic acids is 1. The van der Waals surface area contributed by atoms with Crippen molar-refractivity contribution in [2.24, 2.45) is 5.92 Å². The second-order valence-corrected chi connectivity index (χ2v) is 3.84. The number of hydrogen-bond acceptors (Lipinski definition) is 3. The standard InChI is InChI=1S/C11H22O4/c1-4-5-6-14-7-8-15-10(9(2)3)11(12)13/h9-10H,4-8H2,1-3H3,(H,12,13). The van der Waals surface area contributed by atoms with Crippen molar-refractivity contribution in [1.29, 1.82) is 0 Å². The minimum atomic E-state index is -0.904. The summed E-state index contributed by atoms with van der Waals surface area (Å²) in [6, 6.07) is 0. The maximum absolute atomic E-state index is 10.7. The quantitative estimate of drug-likeness (QED) is 0.601. The van der Waals surface area contributed by atoms with Crippen molar-refractivity contribution in [3.63, 3.8) is 0 Å². The Kier molecular flexibility index (Phi) is 8.33. The lowest BCUT2D eigenvalue weighted by atomic mass is 10.1. The first-order valence-corrected chi connectivity index (χ1v) is 5.51. The van der Waals surface area contributed by atoms with E-state index in [1.165, 1.54) is 0 Å². The average Bonchev–Trinajstić information content (AvgIpc) is 2.15. The Morgan fingerprint density at radius 1 is 1.27 bits per heavy atom. The van der Waals surface area contributed by atoms with Gasteiger partial charge >= 0.3 is 5.97 Å². The molecule has 4 heteroatoms. The van der Waals surface area contributed by atoms with Crippen molar-refractivity contribution in [3.05, 3.63) is 0 Å². The smallest absolute Gasteiger partial charge is 0.333 e. The van der Waals surface area contributed by atoms with Gasteiger partial charge in [0.2, 0.25) is 0 Å². The molecule has 0 saturated carbocycles. The maximum Gasteiger partial charge on any atom is 0.333 e. The van der Waals surface area contributed by atoms with Crippen LogP contribution < -0.4 is 0 Å². The molecule has 0 amide bonds. The number of aliphatic carboxylic acids is 1. The SMILES string of the molecule is CCCCOCCOC(C(=O)O)C(C)C. The van der Waals surface area contributed by atoms with Crippen LogP contribution in [0, 0.1) is 5.92 Å². The normalized spacial score (nSPS) is 13.1. The van der Waals surface area contributed by atoms with Crippen LogP contribution in [0.5, 0.6) is 0 Å². The zero-order valence-electron chi connectivity index (χ0n) is 9.86. The van der Waals surface area contributed by atoms with E-state index in [9.17, 15) is 4.79 Å². The number of unbranched alkanes of at least 4 members (excludes halogenated alkanes) is 1. The van der Waals surface area contributed by atoms with Gasteiger partial charge in [0.1, 0.15) is 0 Å². The fraction of sp³-hybridized carbons (Fsp3) is 0.909. The fourth-order valence-electron chi connectivity index (χ4n) is 1.13. The van der Waals surface area contributed by atoms with E-state index in [1.807, 2.05) is 13.8 Å². The van der Waals surface area contributed by atoms with Crippen LogP contribution in [0.1, 0.15) is 33.6 Å². The minimum Gasteiger partial charge on any atom is -0.479 e. The number of rotatable bonds is 9. The summed E-state index contributed by atoms with van der Waals surface area (Å²) in [5.41, 5.74) is 0. The van der Waals surface area contributed by atoms with E-state index >= 15 is 0 Å². The van der Waals surface area contributed by atoms with Gasteiger partial charge in [0.05, 0.1) is 13.2 Å². The molecule has 0 rings (SSSR count). The largest absolute Gasteiger partial charge is 0.479 e. The van der Waals surface area contributed by atoms with E-state index in [4.69, 9.17) is 14.6 Å². The molecule has 0 spiro atoms. The molecule has 0 aromatic heterocycles. The molecule has 1 unspecified atom stereocenters. The monoisotopic (exact) mass is 218 g/mol. The molecule has 0 aliphatic carbocycles. The molecule has 0 aromatic rings. The molecule has 15 heavy (non-hydrogen) atoms. The molecule has 0 aliphatic rings. The van der Waals surface area contributed by atoms with Gasteiger partial charge in [-0.3, -0.25) is 0 Å². The van der Waals surface area contributed by atoms with Crippen LogP contribution in [0.3, 0.4) is 0 Å². The number of carboxylic acid groups (broad SMARTS) is 1. The molecule has 4 nitrogen and oxygen atoms in total. The topological polar surface area (TPSA) is 55.8 Å². The van der Waals surface area contributed by atoms with Crippen molar-refractivity contribution < 1.29 is 19.4 Å². The summed E-state index contributed by atoms with van der Waals surface area (Å²) in [6.07, 6.45) is 1.41. The Labute approximate surface area is 91.6 Å². The van der Waals surface area contributed by atoms with Gasteiger partial charge in [0.25, 0.3) is 0 Å². The van der Waals surface area contributed by atoms with E-state index in [-0.39, 0.29) is 5.92 Å². The van der Waals surface area contributed by atoms with Crippen LogP contribution in [0.15, 0.2) is 0 Å². The molecule has 0 radical (unpaired) electrons. The first-order valence-electron chi connectivity index (χ1n) is 5.51. The lowest BCUT2D eigenvalue weighted by Gasteiger charge is -2.16. The van der Waals surface area contributed by atoms with E-state index in [0.717, 1.165) is 19.4 Å². The average molecular weight is 218 g/mol. The Morgan fingerprint density at radius 3 is 2.40 bits per heavy atom.